The fraction of sp³-hybridized carbons (Fsp3) is 0.207. The van der Waals surface area contributed by atoms with Gasteiger partial charge < -0.3 is 15.2 Å². The van der Waals surface area contributed by atoms with Gasteiger partial charge in [-0.25, -0.2) is 0 Å². The van der Waals surface area contributed by atoms with Gasteiger partial charge in [-0.1, -0.05) is 72.8 Å². The number of aliphatic hydroxyl groups excluding tert-OH is 1. The van der Waals surface area contributed by atoms with Crippen molar-refractivity contribution in [2.24, 2.45) is 0 Å². The quantitative estimate of drug-likeness (QED) is 0.328. The van der Waals surface area contributed by atoms with Crippen LogP contribution in [-0.4, -0.2) is 24.0 Å². The third-order valence-corrected chi connectivity index (χ3v) is 5.74. The van der Waals surface area contributed by atoms with Gasteiger partial charge in [0.15, 0.2) is 5.78 Å². The molecule has 0 atom stereocenters. The molecular weight excluding hydrogens is 410 g/mol. The van der Waals surface area contributed by atoms with Gasteiger partial charge in [-0.2, -0.15) is 0 Å². The first-order valence-electron chi connectivity index (χ1n) is 11.3. The van der Waals surface area contributed by atoms with E-state index in [0.29, 0.717) is 6.61 Å². The van der Waals surface area contributed by atoms with E-state index in [1.54, 1.807) is 6.08 Å². The van der Waals surface area contributed by atoms with Crippen LogP contribution >= 0.6 is 0 Å². The van der Waals surface area contributed by atoms with Gasteiger partial charge in [-0.15, -0.1) is 0 Å². The summed E-state index contributed by atoms with van der Waals surface area (Å²) in [6.45, 7) is 1.81. The van der Waals surface area contributed by atoms with Crippen LogP contribution in [0.5, 0.6) is 5.75 Å². The van der Waals surface area contributed by atoms with Gasteiger partial charge in [0.25, 0.3) is 0 Å². The minimum atomic E-state index is -0.457. The molecule has 4 rings (SSSR count). The van der Waals surface area contributed by atoms with Gasteiger partial charge in [0.1, 0.15) is 19.0 Å². The Morgan fingerprint density at radius 2 is 1.82 bits per heavy atom. The highest BCUT2D eigenvalue weighted by atomic mass is 16.5. The topological polar surface area (TPSA) is 58.6 Å². The first kappa shape index (κ1) is 22.7. The highest BCUT2D eigenvalue weighted by molar-refractivity contribution is 5.94. The molecule has 2 N–H and O–H groups in total. The van der Waals surface area contributed by atoms with Crippen LogP contribution in [0.2, 0.25) is 0 Å². The molecule has 1 aliphatic rings. The van der Waals surface area contributed by atoms with E-state index in [2.05, 4.69) is 53.9 Å². The number of hydrogen-bond acceptors (Lipinski definition) is 4. The Labute approximate surface area is 195 Å². The Kier molecular flexibility index (Phi) is 7.85. The van der Waals surface area contributed by atoms with Crippen LogP contribution in [0.1, 0.15) is 34.2 Å². The van der Waals surface area contributed by atoms with Crippen molar-refractivity contribution in [3.8, 4) is 5.75 Å². The van der Waals surface area contributed by atoms with Gasteiger partial charge >= 0.3 is 0 Å². The summed E-state index contributed by atoms with van der Waals surface area (Å²) >= 11 is 0. The lowest BCUT2D eigenvalue weighted by atomic mass is 10.0. The van der Waals surface area contributed by atoms with Crippen LogP contribution in [0.15, 0.2) is 84.9 Å². The molecule has 33 heavy (non-hydrogen) atoms. The number of hydrogen-bond donors (Lipinski definition) is 2. The second kappa shape index (κ2) is 11.4. The Morgan fingerprint density at radius 1 is 1.00 bits per heavy atom. The highest BCUT2D eigenvalue weighted by Crippen LogP contribution is 2.32. The fourth-order valence-electron chi connectivity index (χ4n) is 3.89. The Balaban J connectivity index is 1.25. The van der Waals surface area contributed by atoms with Crippen molar-refractivity contribution in [2.45, 2.75) is 26.0 Å². The molecule has 4 nitrogen and oxygen atoms in total. The number of aliphatic hydroxyl groups is 1. The smallest absolute Gasteiger partial charge is 0.181 e. The normalized spacial score (nSPS) is 12.6. The molecule has 3 aromatic carbocycles. The summed E-state index contributed by atoms with van der Waals surface area (Å²) < 4.78 is 6.02. The van der Waals surface area contributed by atoms with Crippen molar-refractivity contribution in [1.82, 2.24) is 5.32 Å². The molecule has 0 fully saturated rings. The fourth-order valence-corrected chi connectivity index (χ4v) is 3.89. The maximum atomic E-state index is 11.2. The summed E-state index contributed by atoms with van der Waals surface area (Å²) in [4.78, 5) is 11.2. The number of nitrogens with one attached hydrogen (secondary N) is 1. The van der Waals surface area contributed by atoms with Gasteiger partial charge in [0, 0.05) is 6.54 Å². The SMILES string of the molecule is O=C(/C=C/c1ccc(CNCCC2=CCc3ccc(OCc4ccccc4)cc32)cc1)CO. The minimum absolute atomic E-state index is 0.293. The predicted molar refractivity (Wildman–Crippen MR) is 133 cm³/mol. The largest absolute Gasteiger partial charge is 0.489 e. The molecule has 0 aliphatic heterocycles. The summed E-state index contributed by atoms with van der Waals surface area (Å²) in [5.74, 6) is 0.617. The molecule has 0 saturated carbocycles. The Hall–Kier alpha value is -3.47. The standard InChI is InChI=1S/C29H29NO3/c31-20-27(32)14-10-22-6-8-23(9-7-22)19-30-17-16-26-12-11-25-13-15-28(18-29(25)26)33-21-24-4-2-1-3-5-24/h1-10,12-15,18,30-31H,11,16-17,19-21H2/b14-10+. The van der Waals surface area contributed by atoms with E-state index in [4.69, 9.17) is 9.84 Å². The molecule has 0 unspecified atom stereocenters. The molecule has 0 radical (unpaired) electrons. The van der Waals surface area contributed by atoms with Crippen LogP contribution in [0.25, 0.3) is 11.6 Å². The minimum Gasteiger partial charge on any atom is -0.489 e. The van der Waals surface area contributed by atoms with Crippen molar-refractivity contribution < 1.29 is 14.6 Å². The molecule has 0 spiro atoms. The van der Waals surface area contributed by atoms with Crippen LogP contribution in [0.3, 0.4) is 0 Å². The molecule has 0 heterocycles. The zero-order valence-electron chi connectivity index (χ0n) is 18.7. The predicted octanol–water partition coefficient (Wildman–Crippen LogP) is 4.96. The van der Waals surface area contributed by atoms with Gasteiger partial charge in [-0.3, -0.25) is 4.79 Å². The van der Waals surface area contributed by atoms with Crippen molar-refractivity contribution in [3.05, 3.63) is 113 Å². The number of fused-ring (bicyclic) bond motifs is 1. The molecular formula is C29H29NO3. The number of ketones is 1. The third-order valence-electron chi connectivity index (χ3n) is 5.74. The van der Waals surface area contributed by atoms with Gasteiger partial charge in [0.05, 0.1) is 0 Å². The van der Waals surface area contributed by atoms with Gasteiger partial charge in [0.2, 0.25) is 0 Å². The molecule has 3 aromatic rings. The van der Waals surface area contributed by atoms with E-state index in [0.717, 1.165) is 37.2 Å². The first-order valence-corrected chi connectivity index (χ1v) is 11.3. The van der Waals surface area contributed by atoms with Crippen molar-refractivity contribution in [3.63, 3.8) is 0 Å². The average molecular weight is 440 g/mol. The number of rotatable bonds is 11. The summed E-state index contributed by atoms with van der Waals surface area (Å²) in [7, 11) is 0. The van der Waals surface area contributed by atoms with Crippen LogP contribution in [0, 0.1) is 0 Å². The zero-order valence-corrected chi connectivity index (χ0v) is 18.7. The molecule has 0 aromatic heterocycles. The second-order valence-electron chi connectivity index (χ2n) is 8.15. The molecule has 4 heteroatoms. The number of carbonyl (C=O) groups excluding carboxylic acids is 1. The highest BCUT2D eigenvalue weighted by Gasteiger charge is 2.14. The van der Waals surface area contributed by atoms with Crippen LogP contribution in [0.4, 0.5) is 0 Å². The molecule has 0 bridgehead atoms. The van der Waals surface area contributed by atoms with E-state index in [1.165, 1.54) is 33.9 Å². The van der Waals surface area contributed by atoms with Crippen LogP contribution in [-0.2, 0) is 24.4 Å². The maximum Gasteiger partial charge on any atom is 0.181 e. The summed E-state index contributed by atoms with van der Waals surface area (Å²) in [5, 5.41) is 12.3. The molecule has 0 saturated heterocycles. The van der Waals surface area contributed by atoms with Crippen molar-refractivity contribution >= 4 is 17.4 Å². The van der Waals surface area contributed by atoms with E-state index < -0.39 is 6.61 Å². The van der Waals surface area contributed by atoms with E-state index in [1.807, 2.05) is 30.3 Å². The van der Waals surface area contributed by atoms with E-state index in [9.17, 15) is 4.79 Å². The zero-order chi connectivity index (χ0) is 22.9. The van der Waals surface area contributed by atoms with Gasteiger partial charge in [-0.05, 0) is 71.0 Å². The van der Waals surface area contributed by atoms with E-state index >= 15 is 0 Å². The monoisotopic (exact) mass is 439 g/mol. The number of allylic oxidation sites excluding steroid dienone is 1. The van der Waals surface area contributed by atoms with Crippen LogP contribution < -0.4 is 10.1 Å². The third kappa shape index (κ3) is 6.51. The average Bonchev–Trinajstić information content (AvgIpc) is 3.27. The molecule has 1 aliphatic carbocycles. The first-order chi connectivity index (χ1) is 16.2. The lowest BCUT2D eigenvalue weighted by Crippen LogP contribution is -2.14. The molecule has 0 amide bonds. The summed E-state index contributed by atoms with van der Waals surface area (Å²) in [6.07, 6.45) is 7.40. The lowest BCUT2D eigenvalue weighted by molar-refractivity contribution is -0.117. The maximum absolute atomic E-state index is 11.2. The van der Waals surface area contributed by atoms with E-state index in [-0.39, 0.29) is 5.78 Å². The lowest BCUT2D eigenvalue weighted by Gasteiger charge is -2.11. The summed E-state index contributed by atoms with van der Waals surface area (Å²) in [5.41, 5.74) is 7.34. The number of benzene rings is 3. The Morgan fingerprint density at radius 3 is 2.61 bits per heavy atom. The Bertz CT molecular complexity index is 1130. The summed E-state index contributed by atoms with van der Waals surface area (Å²) in [6, 6.07) is 24.7. The van der Waals surface area contributed by atoms with Crippen molar-refractivity contribution in [2.75, 3.05) is 13.2 Å². The number of ether oxygens (including phenoxy) is 1. The number of carbonyl (C=O) groups is 1. The second-order valence-corrected chi connectivity index (χ2v) is 8.15. The molecule has 168 valence electrons. The van der Waals surface area contributed by atoms with Crippen molar-refractivity contribution in [1.29, 1.82) is 0 Å².